The van der Waals surface area contributed by atoms with Crippen molar-refractivity contribution >= 4 is 0 Å². The first-order valence-corrected chi connectivity index (χ1v) is 6.93. The monoisotopic (exact) mass is 258 g/mol. The molecule has 1 N–H and O–H groups in total. The zero-order valence-electron chi connectivity index (χ0n) is 11.7. The van der Waals surface area contributed by atoms with Crippen LogP contribution in [0.5, 0.6) is 0 Å². The van der Waals surface area contributed by atoms with Crippen molar-refractivity contribution in [3.05, 3.63) is 48.0 Å². The minimum absolute atomic E-state index is 0.503. The van der Waals surface area contributed by atoms with Gasteiger partial charge in [-0.05, 0) is 17.9 Å². The van der Waals surface area contributed by atoms with Gasteiger partial charge >= 0.3 is 0 Å². The Morgan fingerprint density at radius 1 is 1.26 bits per heavy atom. The summed E-state index contributed by atoms with van der Waals surface area (Å²) in [6, 6.07) is 10.6. The normalized spacial score (nSPS) is 12.5. The van der Waals surface area contributed by atoms with Gasteiger partial charge in [0.15, 0.2) is 0 Å². The molecule has 0 saturated carbocycles. The predicted molar refractivity (Wildman–Crippen MR) is 76.9 cm³/mol. The Morgan fingerprint density at radius 2 is 2.05 bits per heavy atom. The fourth-order valence-electron chi connectivity index (χ4n) is 2.12. The van der Waals surface area contributed by atoms with Crippen LogP contribution >= 0.6 is 0 Å². The fourth-order valence-corrected chi connectivity index (χ4v) is 2.12. The molecule has 0 aliphatic rings. The number of hydrogen-bond acceptors (Lipinski definition) is 3. The third-order valence-corrected chi connectivity index (χ3v) is 3.23. The van der Waals surface area contributed by atoms with Crippen LogP contribution in [0.25, 0.3) is 0 Å². The second kappa shape index (κ2) is 7.04. The first-order valence-electron chi connectivity index (χ1n) is 6.93. The Kier molecular flexibility index (Phi) is 5.10. The number of aromatic nitrogens is 3. The second-order valence-corrected chi connectivity index (χ2v) is 4.84. The number of nitrogens with zero attached hydrogens (tertiary/aromatic N) is 3. The van der Waals surface area contributed by atoms with Crippen LogP contribution in [0, 0.1) is 0 Å². The number of benzene rings is 1. The zero-order chi connectivity index (χ0) is 13.5. The van der Waals surface area contributed by atoms with Crippen LogP contribution in [0.2, 0.25) is 0 Å². The molecule has 0 saturated heterocycles. The lowest BCUT2D eigenvalue weighted by molar-refractivity contribution is 0.531. The second-order valence-electron chi connectivity index (χ2n) is 4.84. The molecule has 19 heavy (non-hydrogen) atoms. The molecular formula is C15H22N4. The summed E-state index contributed by atoms with van der Waals surface area (Å²) in [7, 11) is 0. The first-order chi connectivity index (χ1) is 9.31. The highest BCUT2D eigenvalue weighted by molar-refractivity contribution is 5.18. The van der Waals surface area contributed by atoms with Crippen molar-refractivity contribution in [3.8, 4) is 0 Å². The minimum Gasteiger partial charge on any atom is -0.309 e. The van der Waals surface area contributed by atoms with Gasteiger partial charge in [-0.15, -0.1) is 0 Å². The van der Waals surface area contributed by atoms with Gasteiger partial charge in [0.05, 0.1) is 6.54 Å². The molecule has 102 valence electrons. The Hall–Kier alpha value is -1.68. The summed E-state index contributed by atoms with van der Waals surface area (Å²) in [6.45, 7) is 7.04. The quantitative estimate of drug-likeness (QED) is 0.830. The molecule has 1 heterocycles. The van der Waals surface area contributed by atoms with E-state index in [0.717, 1.165) is 31.9 Å². The molecule has 4 nitrogen and oxygen atoms in total. The van der Waals surface area contributed by atoms with Crippen LogP contribution in [0.4, 0.5) is 0 Å². The van der Waals surface area contributed by atoms with E-state index in [1.165, 1.54) is 5.56 Å². The standard InChI is InChI=1S/C15H22N4/c1-3-9-19-15(17-12-18-19)11-16-10-13(2)14-7-5-4-6-8-14/h4-8,12-13,16H,3,9-11H2,1-2H3. The van der Waals surface area contributed by atoms with Gasteiger partial charge < -0.3 is 5.32 Å². The summed E-state index contributed by atoms with van der Waals surface area (Å²) in [5.41, 5.74) is 1.37. The van der Waals surface area contributed by atoms with Crippen LogP contribution < -0.4 is 5.32 Å². The topological polar surface area (TPSA) is 42.7 Å². The molecule has 0 aliphatic carbocycles. The maximum Gasteiger partial charge on any atom is 0.140 e. The van der Waals surface area contributed by atoms with Crippen LogP contribution in [0.15, 0.2) is 36.7 Å². The minimum atomic E-state index is 0.503. The van der Waals surface area contributed by atoms with E-state index in [-0.39, 0.29) is 0 Å². The molecule has 0 fully saturated rings. The maximum atomic E-state index is 4.29. The van der Waals surface area contributed by atoms with E-state index in [1.54, 1.807) is 6.33 Å². The van der Waals surface area contributed by atoms with Crippen molar-refractivity contribution in [2.45, 2.75) is 39.3 Å². The van der Waals surface area contributed by atoms with Crippen molar-refractivity contribution in [3.63, 3.8) is 0 Å². The molecule has 0 amide bonds. The van der Waals surface area contributed by atoms with Crippen LogP contribution in [-0.2, 0) is 13.1 Å². The zero-order valence-corrected chi connectivity index (χ0v) is 11.7. The van der Waals surface area contributed by atoms with E-state index in [4.69, 9.17) is 0 Å². The average molecular weight is 258 g/mol. The van der Waals surface area contributed by atoms with Crippen LogP contribution in [0.3, 0.4) is 0 Å². The van der Waals surface area contributed by atoms with E-state index in [1.807, 2.05) is 4.68 Å². The van der Waals surface area contributed by atoms with Gasteiger partial charge in [-0.2, -0.15) is 5.10 Å². The van der Waals surface area contributed by atoms with E-state index in [9.17, 15) is 0 Å². The van der Waals surface area contributed by atoms with Gasteiger partial charge in [0.2, 0.25) is 0 Å². The largest absolute Gasteiger partial charge is 0.309 e. The van der Waals surface area contributed by atoms with Crippen LogP contribution in [0.1, 0.15) is 37.6 Å². The van der Waals surface area contributed by atoms with Crippen molar-refractivity contribution in [1.29, 1.82) is 0 Å². The molecule has 1 unspecified atom stereocenters. The highest BCUT2D eigenvalue weighted by Crippen LogP contribution is 2.13. The SMILES string of the molecule is CCCn1ncnc1CNCC(C)c1ccccc1. The highest BCUT2D eigenvalue weighted by Gasteiger charge is 2.06. The lowest BCUT2D eigenvalue weighted by Gasteiger charge is -2.13. The van der Waals surface area contributed by atoms with Gasteiger partial charge in [0.1, 0.15) is 12.2 Å². The maximum absolute atomic E-state index is 4.29. The number of aryl methyl sites for hydroxylation is 1. The molecule has 0 bridgehead atoms. The molecule has 1 atom stereocenters. The Balaban J connectivity index is 1.81. The molecule has 2 rings (SSSR count). The number of nitrogens with one attached hydrogen (secondary N) is 1. The molecule has 2 aromatic rings. The van der Waals surface area contributed by atoms with Gasteiger partial charge in [0.25, 0.3) is 0 Å². The van der Waals surface area contributed by atoms with E-state index in [0.29, 0.717) is 5.92 Å². The van der Waals surface area contributed by atoms with Gasteiger partial charge in [-0.1, -0.05) is 44.2 Å². The Bertz CT molecular complexity index is 478. The van der Waals surface area contributed by atoms with Crippen molar-refractivity contribution in [1.82, 2.24) is 20.1 Å². The van der Waals surface area contributed by atoms with Crippen LogP contribution in [-0.4, -0.2) is 21.3 Å². The average Bonchev–Trinajstić information content (AvgIpc) is 2.88. The lowest BCUT2D eigenvalue weighted by atomic mass is 10.0. The van der Waals surface area contributed by atoms with E-state index < -0.39 is 0 Å². The van der Waals surface area contributed by atoms with Gasteiger partial charge in [-0.3, -0.25) is 0 Å². The van der Waals surface area contributed by atoms with E-state index >= 15 is 0 Å². The van der Waals surface area contributed by atoms with Crippen molar-refractivity contribution < 1.29 is 0 Å². The third kappa shape index (κ3) is 3.89. The Labute approximate surface area is 114 Å². The molecule has 1 aromatic heterocycles. The molecule has 0 spiro atoms. The summed E-state index contributed by atoms with van der Waals surface area (Å²) in [5.74, 6) is 1.52. The Morgan fingerprint density at radius 3 is 2.79 bits per heavy atom. The predicted octanol–water partition coefficient (Wildman–Crippen LogP) is 2.58. The lowest BCUT2D eigenvalue weighted by Crippen LogP contribution is -2.22. The van der Waals surface area contributed by atoms with Crippen molar-refractivity contribution in [2.24, 2.45) is 0 Å². The molecule has 4 heteroatoms. The number of hydrogen-bond donors (Lipinski definition) is 1. The van der Waals surface area contributed by atoms with E-state index in [2.05, 4.69) is 59.6 Å². The summed E-state index contributed by atoms with van der Waals surface area (Å²) in [6.07, 6.45) is 2.71. The van der Waals surface area contributed by atoms with Crippen molar-refractivity contribution in [2.75, 3.05) is 6.54 Å². The smallest absolute Gasteiger partial charge is 0.140 e. The van der Waals surface area contributed by atoms with Gasteiger partial charge in [-0.25, -0.2) is 9.67 Å². The summed E-state index contributed by atoms with van der Waals surface area (Å²) in [4.78, 5) is 4.29. The molecule has 0 radical (unpaired) electrons. The summed E-state index contributed by atoms with van der Waals surface area (Å²) >= 11 is 0. The molecular weight excluding hydrogens is 236 g/mol. The molecule has 0 aliphatic heterocycles. The molecule has 1 aromatic carbocycles. The third-order valence-electron chi connectivity index (χ3n) is 3.23. The highest BCUT2D eigenvalue weighted by atomic mass is 15.3. The summed E-state index contributed by atoms with van der Waals surface area (Å²) in [5, 5.41) is 7.69. The fraction of sp³-hybridized carbons (Fsp3) is 0.467. The van der Waals surface area contributed by atoms with Gasteiger partial charge in [0, 0.05) is 13.1 Å². The summed E-state index contributed by atoms with van der Waals surface area (Å²) < 4.78 is 1.97. The number of rotatable bonds is 7. The first kappa shape index (κ1) is 13.7.